The van der Waals surface area contributed by atoms with Crippen LogP contribution in [0.15, 0.2) is 24.4 Å². The van der Waals surface area contributed by atoms with Gasteiger partial charge in [-0.25, -0.2) is 14.9 Å². The molecule has 4 rings (SSSR count). The number of aliphatic hydroxyl groups is 1. The van der Waals surface area contributed by atoms with Crippen LogP contribution in [0.3, 0.4) is 0 Å². The fraction of sp³-hybridized carbons (Fsp3) is 0.278. The summed E-state index contributed by atoms with van der Waals surface area (Å²) in [4.78, 5) is 21.7. The molecule has 30 heavy (non-hydrogen) atoms. The third kappa shape index (κ3) is 3.77. The second-order valence-corrected chi connectivity index (χ2v) is 6.18. The van der Waals surface area contributed by atoms with Crippen molar-refractivity contribution in [1.82, 2.24) is 20.1 Å². The lowest BCUT2D eigenvalue weighted by molar-refractivity contribution is 0.0169. The lowest BCUT2D eigenvalue weighted by Gasteiger charge is -2.21. The third-order valence-corrected chi connectivity index (χ3v) is 4.20. The molecule has 1 aliphatic heterocycles. The van der Waals surface area contributed by atoms with Crippen molar-refractivity contribution in [1.29, 1.82) is 0 Å². The molecule has 1 amide bonds. The van der Waals surface area contributed by atoms with Gasteiger partial charge in [-0.2, -0.15) is 9.61 Å². The van der Waals surface area contributed by atoms with Crippen LogP contribution in [-0.4, -0.2) is 59.1 Å². The molecule has 1 aromatic carbocycles. The number of fused-ring (bicyclic) bond motifs is 2. The van der Waals surface area contributed by atoms with Crippen molar-refractivity contribution >= 4 is 28.9 Å². The summed E-state index contributed by atoms with van der Waals surface area (Å²) in [6, 6.07) is 4.16. The number of rotatable bonds is 7. The Kier molecular flexibility index (Phi) is 5.50. The molecule has 12 heteroatoms. The largest absolute Gasteiger partial charge is 0.486 e. The molecule has 0 saturated heterocycles. The minimum atomic E-state index is -0.579. The molecule has 0 bridgehead atoms. The Balaban J connectivity index is 1.71. The zero-order valence-electron chi connectivity index (χ0n) is 15.9. The summed E-state index contributed by atoms with van der Waals surface area (Å²) in [5.41, 5.74) is 2.93. The summed E-state index contributed by atoms with van der Waals surface area (Å²) in [5, 5.41) is 18.9. The van der Waals surface area contributed by atoms with Crippen molar-refractivity contribution in [2.45, 2.75) is 0 Å². The number of aromatic nitrogens is 3. The summed E-state index contributed by atoms with van der Waals surface area (Å²) in [7, 11) is 1.69. The quantitative estimate of drug-likeness (QED) is 0.329. The molecule has 0 aliphatic carbocycles. The van der Waals surface area contributed by atoms with Gasteiger partial charge in [0.15, 0.2) is 17.1 Å². The van der Waals surface area contributed by atoms with E-state index in [1.807, 2.05) is 0 Å². The van der Waals surface area contributed by atoms with Crippen LogP contribution in [0.5, 0.6) is 11.5 Å². The van der Waals surface area contributed by atoms with Crippen molar-refractivity contribution in [3.63, 3.8) is 0 Å². The molecule has 0 radical (unpaired) electrons. The lowest BCUT2D eigenvalue weighted by Crippen LogP contribution is -2.25. The first kappa shape index (κ1) is 19.7. The number of anilines is 3. The van der Waals surface area contributed by atoms with E-state index in [1.165, 1.54) is 22.8 Å². The summed E-state index contributed by atoms with van der Waals surface area (Å²) in [6.45, 7) is 0.369. The van der Waals surface area contributed by atoms with Gasteiger partial charge >= 0.3 is 0 Å². The van der Waals surface area contributed by atoms with Gasteiger partial charge in [-0.15, -0.1) is 0 Å². The van der Waals surface area contributed by atoms with Crippen molar-refractivity contribution in [2.24, 2.45) is 0 Å². The van der Waals surface area contributed by atoms with Crippen LogP contribution < -0.4 is 25.6 Å². The van der Waals surface area contributed by atoms with Gasteiger partial charge in [-0.1, -0.05) is 0 Å². The number of benzene rings is 1. The first-order valence-electron chi connectivity index (χ1n) is 9.06. The number of aliphatic hydroxyl groups excluding tert-OH is 1. The zero-order valence-corrected chi connectivity index (χ0v) is 15.9. The number of amides is 1. The summed E-state index contributed by atoms with van der Waals surface area (Å²) in [6.07, 6.45) is 1.34. The molecule has 0 spiro atoms. The maximum Gasteiger partial charge on any atom is 0.280 e. The molecule has 0 fully saturated rings. The molecular weight excluding hydrogens is 399 g/mol. The molecule has 0 atom stereocenters. The van der Waals surface area contributed by atoms with Crippen LogP contribution in [-0.2, 0) is 4.84 Å². The number of halogens is 1. The van der Waals surface area contributed by atoms with E-state index in [0.29, 0.717) is 42.0 Å². The van der Waals surface area contributed by atoms with Crippen LogP contribution in [0.2, 0.25) is 0 Å². The van der Waals surface area contributed by atoms with Gasteiger partial charge in [0.1, 0.15) is 36.2 Å². The predicted octanol–water partition coefficient (Wildman–Crippen LogP) is 1.08. The first-order valence-corrected chi connectivity index (χ1v) is 9.06. The fourth-order valence-corrected chi connectivity index (χ4v) is 2.93. The Bertz CT molecular complexity index is 1090. The van der Waals surface area contributed by atoms with Crippen LogP contribution in [0.25, 0.3) is 5.65 Å². The van der Waals surface area contributed by atoms with E-state index in [4.69, 9.17) is 19.4 Å². The van der Waals surface area contributed by atoms with Gasteiger partial charge in [0.05, 0.1) is 25.1 Å². The van der Waals surface area contributed by atoms with E-state index in [9.17, 15) is 9.18 Å². The number of carbonyl (C=O) groups is 1. The molecule has 11 nitrogen and oxygen atoms in total. The standard InChI is InChI=1S/C18H19FN6O5/c1-20-15-8-14(22-12-6-10(19)7-13-16(12)29-5-4-28-13)23-17-11(9-21-25(15)17)18(27)24-30-3-2-26/h6-9,20,26H,2-5H2,1H3,(H,22,23)(H,24,27). The second-order valence-electron chi connectivity index (χ2n) is 6.18. The van der Waals surface area contributed by atoms with E-state index in [1.54, 1.807) is 13.1 Å². The van der Waals surface area contributed by atoms with E-state index < -0.39 is 11.7 Å². The van der Waals surface area contributed by atoms with Crippen molar-refractivity contribution in [2.75, 3.05) is 44.1 Å². The first-order chi connectivity index (χ1) is 14.6. The predicted molar refractivity (Wildman–Crippen MR) is 104 cm³/mol. The van der Waals surface area contributed by atoms with Crippen molar-refractivity contribution in [3.8, 4) is 11.5 Å². The highest BCUT2D eigenvalue weighted by Gasteiger charge is 2.21. The Morgan fingerprint density at radius 1 is 1.33 bits per heavy atom. The molecule has 3 heterocycles. The smallest absolute Gasteiger partial charge is 0.280 e. The minimum absolute atomic E-state index is 0.0558. The Labute approximate surface area is 169 Å². The maximum atomic E-state index is 14.0. The number of nitrogens with one attached hydrogen (secondary N) is 3. The van der Waals surface area contributed by atoms with Crippen LogP contribution in [0, 0.1) is 5.82 Å². The van der Waals surface area contributed by atoms with Crippen molar-refractivity contribution in [3.05, 3.63) is 35.8 Å². The van der Waals surface area contributed by atoms with Crippen LogP contribution in [0.4, 0.5) is 21.7 Å². The zero-order chi connectivity index (χ0) is 21.1. The molecule has 2 aromatic heterocycles. The molecule has 158 valence electrons. The van der Waals surface area contributed by atoms with Gasteiger partial charge in [0.2, 0.25) is 0 Å². The third-order valence-electron chi connectivity index (χ3n) is 4.20. The van der Waals surface area contributed by atoms with Crippen LogP contribution in [0.1, 0.15) is 10.4 Å². The van der Waals surface area contributed by atoms with E-state index in [2.05, 4.69) is 26.2 Å². The lowest BCUT2D eigenvalue weighted by atomic mass is 10.2. The Hall–Kier alpha value is -3.64. The number of hydrogen-bond acceptors (Lipinski definition) is 9. The van der Waals surface area contributed by atoms with Gasteiger partial charge in [-0.05, 0) is 0 Å². The van der Waals surface area contributed by atoms with Gasteiger partial charge < -0.3 is 25.2 Å². The SMILES string of the molecule is CNc1cc(Nc2cc(F)cc3c2OCCO3)nc2c(C(=O)NOCCO)cnn12. The van der Waals surface area contributed by atoms with E-state index in [0.717, 1.165) is 0 Å². The monoisotopic (exact) mass is 418 g/mol. The number of hydroxylamine groups is 1. The van der Waals surface area contributed by atoms with E-state index >= 15 is 0 Å². The highest BCUT2D eigenvalue weighted by Crippen LogP contribution is 2.39. The van der Waals surface area contributed by atoms with Gasteiger partial charge in [0, 0.05) is 25.2 Å². The van der Waals surface area contributed by atoms with Crippen LogP contribution >= 0.6 is 0 Å². The molecule has 1 aliphatic rings. The topological polar surface area (TPSA) is 131 Å². The summed E-state index contributed by atoms with van der Waals surface area (Å²) >= 11 is 0. The second kappa shape index (κ2) is 8.39. The normalized spacial score (nSPS) is 12.6. The molecule has 0 unspecified atom stereocenters. The van der Waals surface area contributed by atoms with Crippen molar-refractivity contribution < 1.29 is 28.6 Å². The highest BCUT2D eigenvalue weighted by atomic mass is 19.1. The fourth-order valence-electron chi connectivity index (χ4n) is 2.93. The molecule has 0 saturated carbocycles. The van der Waals surface area contributed by atoms with E-state index in [-0.39, 0.29) is 24.4 Å². The minimum Gasteiger partial charge on any atom is -0.486 e. The van der Waals surface area contributed by atoms with Gasteiger partial charge in [0.25, 0.3) is 5.91 Å². The number of carbonyl (C=O) groups excluding carboxylic acids is 1. The molecule has 4 N–H and O–H groups in total. The summed E-state index contributed by atoms with van der Waals surface area (Å²) in [5.74, 6) is 0.440. The number of ether oxygens (including phenoxy) is 2. The average molecular weight is 418 g/mol. The molecular formula is C18H19FN6O5. The maximum absolute atomic E-state index is 14.0. The number of hydrogen-bond donors (Lipinski definition) is 4. The average Bonchev–Trinajstić information content (AvgIpc) is 3.17. The Morgan fingerprint density at radius 2 is 2.17 bits per heavy atom. The molecule has 3 aromatic rings. The Morgan fingerprint density at radius 3 is 2.97 bits per heavy atom. The van der Waals surface area contributed by atoms with Gasteiger partial charge in [-0.3, -0.25) is 9.63 Å². The highest BCUT2D eigenvalue weighted by molar-refractivity contribution is 5.99. The summed E-state index contributed by atoms with van der Waals surface area (Å²) < 4.78 is 26.5. The number of nitrogens with zero attached hydrogens (tertiary/aromatic N) is 3.